The number of carbonyl (C=O) groups excluding carboxylic acids is 1. The summed E-state index contributed by atoms with van der Waals surface area (Å²) in [5.74, 6) is 0.461. The van der Waals surface area contributed by atoms with Crippen molar-refractivity contribution in [2.45, 2.75) is 57.5 Å². The second-order valence-electron chi connectivity index (χ2n) is 9.19. The highest BCUT2D eigenvalue weighted by molar-refractivity contribution is 7.17. The molecule has 1 aromatic carbocycles. The summed E-state index contributed by atoms with van der Waals surface area (Å²) >= 11 is 1.48. The highest BCUT2D eigenvalue weighted by Gasteiger charge is 2.38. The van der Waals surface area contributed by atoms with Crippen molar-refractivity contribution >= 4 is 33.2 Å². The summed E-state index contributed by atoms with van der Waals surface area (Å²) in [5.41, 5.74) is 2.46. The molecule has 0 amide bonds. The van der Waals surface area contributed by atoms with Crippen LogP contribution in [0.1, 0.15) is 54.4 Å². The number of carbonyl (C=O) groups is 1. The van der Waals surface area contributed by atoms with Gasteiger partial charge in [0, 0.05) is 48.7 Å². The molecule has 2 saturated heterocycles. The molecule has 3 atom stereocenters. The Kier molecular flexibility index (Phi) is 5.80. The van der Waals surface area contributed by atoms with E-state index in [4.69, 9.17) is 0 Å². The number of anilines is 1. The summed E-state index contributed by atoms with van der Waals surface area (Å²) < 4.78 is 0. The fourth-order valence-corrected chi connectivity index (χ4v) is 6.18. The molecule has 0 aliphatic carbocycles. The van der Waals surface area contributed by atoms with Crippen molar-refractivity contribution in [1.29, 1.82) is 0 Å². The van der Waals surface area contributed by atoms with Gasteiger partial charge in [0.2, 0.25) is 5.13 Å². The minimum Gasteiger partial charge on any atom is -0.361 e. The summed E-state index contributed by atoms with van der Waals surface area (Å²) in [6.07, 6.45) is 8.18. The number of benzene rings is 1. The van der Waals surface area contributed by atoms with Crippen molar-refractivity contribution in [1.82, 2.24) is 20.1 Å². The second kappa shape index (κ2) is 8.71. The molecule has 2 fully saturated rings. The number of Topliss-reactive ketones (excluding diaryl/α,β-unsaturated/α-hetero) is 1. The van der Waals surface area contributed by atoms with Crippen molar-refractivity contribution in [3.8, 4) is 0 Å². The minimum absolute atomic E-state index is 0.138. The van der Waals surface area contributed by atoms with E-state index in [0.717, 1.165) is 43.0 Å². The van der Waals surface area contributed by atoms with Crippen LogP contribution >= 0.6 is 11.3 Å². The number of rotatable bonds is 8. The minimum atomic E-state index is 0.138. The molecule has 3 aromatic rings. The van der Waals surface area contributed by atoms with Crippen molar-refractivity contribution in [3.63, 3.8) is 0 Å². The Morgan fingerprint density at radius 1 is 1.23 bits per heavy atom. The molecule has 4 heterocycles. The quantitative estimate of drug-likeness (QED) is 0.525. The molecule has 5 rings (SSSR count). The maximum atomic E-state index is 13.1. The first-order valence-electron chi connectivity index (χ1n) is 11.5. The first-order valence-corrected chi connectivity index (χ1v) is 12.3. The van der Waals surface area contributed by atoms with Crippen molar-refractivity contribution in [3.05, 3.63) is 41.0 Å². The lowest BCUT2D eigenvalue weighted by Crippen LogP contribution is -2.52. The highest BCUT2D eigenvalue weighted by atomic mass is 32.1. The SMILES string of the molecule is CCCC(CC(=O)c1nnc(N2CC3CCC(C2)N3C)s1)Cc1c[nH]c2ccccc12. The summed E-state index contributed by atoms with van der Waals surface area (Å²) in [6, 6.07) is 9.60. The average Bonchev–Trinajstić information content (AvgIpc) is 3.45. The van der Waals surface area contributed by atoms with E-state index < -0.39 is 0 Å². The van der Waals surface area contributed by atoms with E-state index >= 15 is 0 Å². The smallest absolute Gasteiger partial charge is 0.208 e. The lowest BCUT2D eigenvalue weighted by Gasteiger charge is -2.38. The van der Waals surface area contributed by atoms with E-state index in [1.165, 1.54) is 35.1 Å². The number of aromatic nitrogens is 3. The van der Waals surface area contributed by atoms with Gasteiger partial charge in [0.05, 0.1) is 0 Å². The third-order valence-corrected chi connectivity index (χ3v) is 8.15. The Morgan fingerprint density at radius 3 is 2.77 bits per heavy atom. The zero-order valence-corrected chi connectivity index (χ0v) is 19.2. The number of hydrogen-bond donors (Lipinski definition) is 1. The van der Waals surface area contributed by atoms with Gasteiger partial charge in [-0.05, 0) is 50.3 Å². The van der Waals surface area contributed by atoms with E-state index in [-0.39, 0.29) is 5.78 Å². The van der Waals surface area contributed by atoms with E-state index in [1.807, 2.05) is 0 Å². The Labute approximate surface area is 187 Å². The van der Waals surface area contributed by atoms with Crippen LogP contribution in [0.2, 0.25) is 0 Å². The number of likely N-dealkylation sites (N-methyl/N-ethyl adjacent to an activating group) is 1. The number of piperazine rings is 1. The molecule has 0 saturated carbocycles. The Hall–Kier alpha value is -2.25. The molecule has 31 heavy (non-hydrogen) atoms. The fourth-order valence-electron chi connectivity index (χ4n) is 5.37. The number of para-hydroxylation sites is 1. The van der Waals surface area contributed by atoms with E-state index in [2.05, 4.69) is 69.4 Å². The number of nitrogens with one attached hydrogen (secondary N) is 1. The van der Waals surface area contributed by atoms with Gasteiger partial charge in [-0.3, -0.25) is 9.69 Å². The predicted molar refractivity (Wildman–Crippen MR) is 126 cm³/mol. The van der Waals surface area contributed by atoms with Gasteiger partial charge < -0.3 is 9.88 Å². The number of aromatic amines is 1. The van der Waals surface area contributed by atoms with Crippen LogP contribution in [0.4, 0.5) is 5.13 Å². The van der Waals surface area contributed by atoms with Crippen LogP contribution in [-0.4, -0.2) is 58.1 Å². The van der Waals surface area contributed by atoms with Crippen molar-refractivity contribution < 1.29 is 4.79 Å². The number of ketones is 1. The van der Waals surface area contributed by atoms with Crippen LogP contribution in [0.5, 0.6) is 0 Å². The summed E-state index contributed by atoms with van der Waals surface area (Å²) in [6.45, 7) is 4.18. The lowest BCUT2D eigenvalue weighted by atomic mass is 9.90. The summed E-state index contributed by atoms with van der Waals surface area (Å²) in [4.78, 5) is 21.3. The molecule has 3 unspecified atom stereocenters. The number of hydrogen-bond acceptors (Lipinski definition) is 6. The average molecular weight is 438 g/mol. The normalized spacial score (nSPS) is 22.3. The molecule has 2 aromatic heterocycles. The third kappa shape index (κ3) is 4.13. The van der Waals surface area contributed by atoms with E-state index in [9.17, 15) is 4.79 Å². The van der Waals surface area contributed by atoms with Gasteiger partial charge in [0.25, 0.3) is 0 Å². The number of H-pyrrole nitrogens is 1. The van der Waals surface area contributed by atoms with Crippen molar-refractivity contribution in [2.24, 2.45) is 5.92 Å². The first kappa shape index (κ1) is 20.6. The molecule has 0 radical (unpaired) electrons. The maximum Gasteiger partial charge on any atom is 0.208 e. The van der Waals surface area contributed by atoms with E-state index in [1.54, 1.807) is 0 Å². The highest BCUT2D eigenvalue weighted by Crippen LogP contribution is 2.33. The Morgan fingerprint density at radius 2 is 2.00 bits per heavy atom. The molecule has 2 aliphatic heterocycles. The van der Waals surface area contributed by atoms with Crippen LogP contribution in [0.3, 0.4) is 0 Å². The van der Waals surface area contributed by atoms with Gasteiger partial charge in [-0.15, -0.1) is 10.2 Å². The van der Waals surface area contributed by atoms with Gasteiger partial charge in [0.15, 0.2) is 10.8 Å². The van der Waals surface area contributed by atoms with E-state index in [0.29, 0.717) is 29.4 Å². The molecule has 2 bridgehead atoms. The monoisotopic (exact) mass is 437 g/mol. The fraction of sp³-hybridized carbons (Fsp3) is 0.542. The molecule has 7 heteroatoms. The molecular weight excluding hydrogens is 406 g/mol. The molecule has 0 spiro atoms. The van der Waals surface area contributed by atoms with Crippen molar-refractivity contribution in [2.75, 3.05) is 25.0 Å². The van der Waals surface area contributed by atoms with Gasteiger partial charge in [-0.1, -0.05) is 42.9 Å². The molecule has 1 N–H and O–H groups in total. The van der Waals surface area contributed by atoms with Gasteiger partial charge in [0.1, 0.15) is 0 Å². The zero-order valence-electron chi connectivity index (χ0n) is 18.4. The number of fused-ring (bicyclic) bond motifs is 3. The van der Waals surface area contributed by atoms with Crippen LogP contribution in [-0.2, 0) is 6.42 Å². The van der Waals surface area contributed by atoms with Crippen LogP contribution in [0, 0.1) is 5.92 Å². The predicted octanol–water partition coefficient (Wildman–Crippen LogP) is 4.53. The first-order chi connectivity index (χ1) is 15.1. The van der Waals surface area contributed by atoms with Crippen LogP contribution in [0.25, 0.3) is 10.9 Å². The Bertz CT molecular complexity index is 1050. The Balaban J connectivity index is 1.26. The standard InChI is InChI=1S/C24H31N5OS/c1-3-6-16(11-17-13-25-21-8-5-4-7-20(17)21)12-22(30)23-26-27-24(31-23)29-14-18-9-10-19(15-29)28(18)2/h4-5,7-8,13,16,18-19,25H,3,6,9-12,14-15H2,1-2H3. The van der Waals surface area contributed by atoms with Gasteiger partial charge in [-0.25, -0.2) is 0 Å². The second-order valence-corrected chi connectivity index (χ2v) is 10.1. The zero-order chi connectivity index (χ0) is 21.4. The van der Waals surface area contributed by atoms with Gasteiger partial charge in [-0.2, -0.15) is 0 Å². The number of nitrogens with zero attached hydrogens (tertiary/aromatic N) is 4. The third-order valence-electron chi connectivity index (χ3n) is 7.13. The van der Waals surface area contributed by atoms with Crippen LogP contribution in [0.15, 0.2) is 30.5 Å². The van der Waals surface area contributed by atoms with Crippen LogP contribution < -0.4 is 4.90 Å². The largest absolute Gasteiger partial charge is 0.361 e. The molecular formula is C24H31N5OS. The molecule has 2 aliphatic rings. The maximum absolute atomic E-state index is 13.1. The molecule has 164 valence electrons. The summed E-state index contributed by atoms with van der Waals surface area (Å²) in [5, 5.41) is 11.4. The van der Waals surface area contributed by atoms with Gasteiger partial charge >= 0.3 is 0 Å². The topological polar surface area (TPSA) is 65.1 Å². The lowest BCUT2D eigenvalue weighted by molar-refractivity contribution is 0.0957. The summed E-state index contributed by atoms with van der Waals surface area (Å²) in [7, 11) is 2.23. The molecule has 6 nitrogen and oxygen atoms in total.